The van der Waals surface area contributed by atoms with Gasteiger partial charge in [0.1, 0.15) is 5.82 Å². The van der Waals surface area contributed by atoms with Gasteiger partial charge in [-0.15, -0.1) is 0 Å². The van der Waals surface area contributed by atoms with Crippen LogP contribution < -0.4 is 5.32 Å². The van der Waals surface area contributed by atoms with E-state index >= 15 is 0 Å². The number of nitrogens with one attached hydrogen (secondary N) is 1. The maximum absolute atomic E-state index is 13.0. The summed E-state index contributed by atoms with van der Waals surface area (Å²) in [5.74, 6) is 0.473. The molecule has 2 fully saturated rings. The molecule has 0 saturated carbocycles. The van der Waals surface area contributed by atoms with E-state index in [4.69, 9.17) is 0 Å². The van der Waals surface area contributed by atoms with Crippen molar-refractivity contribution < 1.29 is 9.18 Å². The van der Waals surface area contributed by atoms with Gasteiger partial charge < -0.3 is 10.2 Å². The lowest BCUT2D eigenvalue weighted by molar-refractivity contribution is 0.206. The first-order valence-corrected chi connectivity index (χ1v) is 8.14. The molecule has 2 aliphatic rings. The number of fused-ring (bicyclic) bond motifs is 2. The van der Waals surface area contributed by atoms with Gasteiger partial charge in [0, 0.05) is 31.5 Å². The second kappa shape index (κ2) is 5.81. The SMILES string of the molecule is O=C(N[C@@H]1C[C@H]2CCN(C2)C1)n1ccc(-c2ccc(F)cc2)c1. The number of benzene rings is 1. The average Bonchev–Trinajstić information content (AvgIpc) is 3.15. The smallest absolute Gasteiger partial charge is 0.325 e. The van der Waals surface area contributed by atoms with Gasteiger partial charge in [0.25, 0.3) is 0 Å². The van der Waals surface area contributed by atoms with Crippen molar-refractivity contribution in [1.82, 2.24) is 14.8 Å². The Labute approximate surface area is 134 Å². The van der Waals surface area contributed by atoms with Gasteiger partial charge in [0.15, 0.2) is 0 Å². The molecule has 4 rings (SSSR count). The third kappa shape index (κ3) is 3.01. The molecule has 3 heterocycles. The van der Waals surface area contributed by atoms with E-state index in [-0.39, 0.29) is 17.9 Å². The summed E-state index contributed by atoms with van der Waals surface area (Å²) < 4.78 is 14.6. The van der Waals surface area contributed by atoms with E-state index in [1.807, 2.05) is 6.07 Å². The number of aromatic nitrogens is 1. The Bertz CT molecular complexity index is 697. The molecule has 1 N–H and O–H groups in total. The fraction of sp³-hybridized carbons (Fsp3) is 0.389. The van der Waals surface area contributed by atoms with Crippen LogP contribution in [0, 0.1) is 11.7 Å². The van der Waals surface area contributed by atoms with Crippen LogP contribution in [-0.2, 0) is 0 Å². The number of carbonyl (C=O) groups is 1. The Kier molecular flexibility index (Phi) is 3.65. The van der Waals surface area contributed by atoms with Crippen LogP contribution in [-0.4, -0.2) is 41.2 Å². The van der Waals surface area contributed by atoms with E-state index < -0.39 is 0 Å². The highest BCUT2D eigenvalue weighted by Gasteiger charge is 2.32. The highest BCUT2D eigenvalue weighted by molar-refractivity contribution is 5.79. The predicted molar refractivity (Wildman–Crippen MR) is 86.7 cm³/mol. The Balaban J connectivity index is 1.44. The fourth-order valence-corrected chi connectivity index (χ4v) is 3.75. The Morgan fingerprint density at radius 1 is 1.13 bits per heavy atom. The molecule has 0 aliphatic carbocycles. The van der Waals surface area contributed by atoms with Crippen molar-refractivity contribution in [3.63, 3.8) is 0 Å². The number of piperidine rings is 1. The number of halogens is 1. The van der Waals surface area contributed by atoms with Crippen LogP contribution in [0.4, 0.5) is 9.18 Å². The van der Waals surface area contributed by atoms with Gasteiger partial charge in [-0.05, 0) is 54.6 Å². The van der Waals surface area contributed by atoms with Gasteiger partial charge in [-0.1, -0.05) is 12.1 Å². The monoisotopic (exact) mass is 313 g/mol. The minimum Gasteiger partial charge on any atom is -0.333 e. The third-order valence-electron chi connectivity index (χ3n) is 4.90. The Morgan fingerprint density at radius 2 is 1.96 bits per heavy atom. The van der Waals surface area contributed by atoms with Crippen molar-refractivity contribution in [2.75, 3.05) is 19.6 Å². The molecule has 2 saturated heterocycles. The summed E-state index contributed by atoms with van der Waals surface area (Å²) in [6.45, 7) is 3.30. The van der Waals surface area contributed by atoms with Crippen molar-refractivity contribution in [1.29, 1.82) is 0 Å². The van der Waals surface area contributed by atoms with E-state index in [2.05, 4.69) is 10.2 Å². The summed E-state index contributed by atoms with van der Waals surface area (Å²) in [6, 6.07) is 8.32. The van der Waals surface area contributed by atoms with Crippen LogP contribution in [0.1, 0.15) is 12.8 Å². The molecule has 120 valence electrons. The zero-order valence-electron chi connectivity index (χ0n) is 12.9. The number of hydrogen-bond acceptors (Lipinski definition) is 2. The molecule has 5 heteroatoms. The lowest BCUT2D eigenvalue weighted by Crippen LogP contribution is -2.47. The largest absolute Gasteiger partial charge is 0.333 e. The Hall–Kier alpha value is -2.14. The number of amides is 1. The maximum atomic E-state index is 13.0. The highest BCUT2D eigenvalue weighted by atomic mass is 19.1. The van der Waals surface area contributed by atoms with Crippen molar-refractivity contribution in [3.8, 4) is 11.1 Å². The first kappa shape index (κ1) is 14.5. The first-order valence-electron chi connectivity index (χ1n) is 8.14. The predicted octanol–water partition coefficient (Wildman–Crippen LogP) is 2.95. The minimum atomic E-state index is -0.257. The van der Waals surface area contributed by atoms with Crippen molar-refractivity contribution in [2.24, 2.45) is 5.92 Å². The van der Waals surface area contributed by atoms with E-state index in [1.54, 1.807) is 29.1 Å². The van der Waals surface area contributed by atoms with Gasteiger partial charge in [-0.3, -0.25) is 4.57 Å². The standard InChI is InChI=1S/C18H20FN3O/c19-16-3-1-14(2-4-16)15-6-8-22(11-15)18(23)20-17-9-13-5-7-21(10-13)12-17/h1-4,6,8,11,13,17H,5,7,9-10,12H2,(H,20,23)/t13-,17-/m1/s1. The molecule has 4 nitrogen and oxygen atoms in total. The molecule has 0 spiro atoms. The molecule has 1 amide bonds. The number of carbonyl (C=O) groups excluding carboxylic acids is 1. The number of nitrogens with zero attached hydrogens (tertiary/aromatic N) is 2. The zero-order chi connectivity index (χ0) is 15.8. The molecule has 0 radical (unpaired) electrons. The zero-order valence-corrected chi connectivity index (χ0v) is 12.9. The molecule has 1 aromatic carbocycles. The molecular weight excluding hydrogens is 293 g/mol. The van der Waals surface area contributed by atoms with Gasteiger partial charge >= 0.3 is 6.03 Å². The third-order valence-corrected chi connectivity index (χ3v) is 4.90. The summed E-state index contributed by atoms with van der Waals surface area (Å²) in [7, 11) is 0. The molecule has 1 unspecified atom stereocenters. The lowest BCUT2D eigenvalue weighted by atomic mass is 9.97. The topological polar surface area (TPSA) is 37.3 Å². The van der Waals surface area contributed by atoms with Crippen LogP contribution >= 0.6 is 0 Å². The van der Waals surface area contributed by atoms with Crippen LogP contribution in [0.2, 0.25) is 0 Å². The maximum Gasteiger partial charge on any atom is 0.325 e. The van der Waals surface area contributed by atoms with Crippen LogP contribution in [0.5, 0.6) is 0 Å². The van der Waals surface area contributed by atoms with Crippen molar-refractivity contribution in [2.45, 2.75) is 18.9 Å². The van der Waals surface area contributed by atoms with Crippen molar-refractivity contribution in [3.05, 3.63) is 48.5 Å². The summed E-state index contributed by atoms with van der Waals surface area (Å²) >= 11 is 0. The quantitative estimate of drug-likeness (QED) is 0.925. The Morgan fingerprint density at radius 3 is 2.74 bits per heavy atom. The molecule has 2 bridgehead atoms. The second-order valence-corrected chi connectivity index (χ2v) is 6.61. The second-order valence-electron chi connectivity index (χ2n) is 6.61. The summed E-state index contributed by atoms with van der Waals surface area (Å²) in [6.07, 6.45) is 5.88. The number of rotatable bonds is 2. The summed E-state index contributed by atoms with van der Waals surface area (Å²) in [5, 5.41) is 3.13. The van der Waals surface area contributed by atoms with E-state index in [0.29, 0.717) is 0 Å². The molecule has 2 aliphatic heterocycles. The summed E-state index contributed by atoms with van der Waals surface area (Å²) in [4.78, 5) is 14.8. The van der Waals surface area contributed by atoms with Crippen LogP contribution in [0.3, 0.4) is 0 Å². The van der Waals surface area contributed by atoms with Gasteiger partial charge in [-0.2, -0.15) is 0 Å². The molecule has 1 aromatic heterocycles. The minimum absolute atomic E-state index is 0.0918. The van der Waals surface area contributed by atoms with E-state index in [0.717, 1.165) is 36.6 Å². The van der Waals surface area contributed by atoms with E-state index in [1.165, 1.54) is 25.1 Å². The fourth-order valence-electron chi connectivity index (χ4n) is 3.75. The van der Waals surface area contributed by atoms with E-state index in [9.17, 15) is 9.18 Å². The van der Waals surface area contributed by atoms with Crippen molar-refractivity contribution >= 4 is 6.03 Å². The van der Waals surface area contributed by atoms with Gasteiger partial charge in [-0.25, -0.2) is 9.18 Å². The number of hydrogen-bond donors (Lipinski definition) is 1. The highest BCUT2D eigenvalue weighted by Crippen LogP contribution is 2.27. The molecule has 2 aromatic rings. The van der Waals surface area contributed by atoms with Crippen LogP contribution in [0.15, 0.2) is 42.7 Å². The lowest BCUT2D eigenvalue weighted by Gasteiger charge is -2.30. The normalized spacial score (nSPS) is 26.2. The molecular formula is C18H20FN3O. The van der Waals surface area contributed by atoms with Gasteiger partial charge in [0.2, 0.25) is 0 Å². The molecule has 3 atom stereocenters. The van der Waals surface area contributed by atoms with Gasteiger partial charge in [0.05, 0.1) is 0 Å². The molecule has 23 heavy (non-hydrogen) atoms. The first-order chi connectivity index (χ1) is 11.2. The summed E-state index contributed by atoms with van der Waals surface area (Å²) in [5.41, 5.74) is 1.81. The van der Waals surface area contributed by atoms with Crippen LogP contribution in [0.25, 0.3) is 11.1 Å². The average molecular weight is 313 g/mol.